The van der Waals surface area contributed by atoms with Gasteiger partial charge in [-0.25, -0.2) is 0 Å². The van der Waals surface area contributed by atoms with E-state index >= 15 is 0 Å². The van der Waals surface area contributed by atoms with E-state index in [0.29, 0.717) is 13.1 Å². The predicted octanol–water partition coefficient (Wildman–Crippen LogP) is 0.617. The molecule has 1 aromatic carbocycles. The molecule has 2 amide bonds. The molecule has 0 unspecified atom stereocenters. The van der Waals surface area contributed by atoms with Gasteiger partial charge in [0.1, 0.15) is 0 Å². The average molecular weight is 330 g/mol. The molecule has 1 fully saturated rings. The van der Waals surface area contributed by atoms with Gasteiger partial charge < -0.3 is 15.5 Å². The van der Waals surface area contributed by atoms with Crippen LogP contribution in [0.4, 0.5) is 5.69 Å². The summed E-state index contributed by atoms with van der Waals surface area (Å²) in [5.41, 5.74) is 1.27. The maximum Gasteiger partial charge on any atom is 0.309 e. The zero-order valence-corrected chi connectivity index (χ0v) is 14.0. The lowest BCUT2D eigenvalue weighted by Gasteiger charge is -2.36. The molecule has 0 atom stereocenters. The van der Waals surface area contributed by atoms with Crippen molar-refractivity contribution in [3.05, 3.63) is 43.0 Å². The molecule has 0 aromatic heterocycles. The maximum absolute atomic E-state index is 11.5. The van der Waals surface area contributed by atoms with Crippen molar-refractivity contribution in [1.82, 2.24) is 15.5 Å². The summed E-state index contributed by atoms with van der Waals surface area (Å²) in [6.07, 6.45) is 2.38. The van der Waals surface area contributed by atoms with E-state index < -0.39 is 11.8 Å². The fourth-order valence-corrected chi connectivity index (χ4v) is 2.70. The van der Waals surface area contributed by atoms with Crippen molar-refractivity contribution in [3.63, 3.8) is 0 Å². The Morgan fingerprint density at radius 3 is 2.38 bits per heavy atom. The van der Waals surface area contributed by atoms with Gasteiger partial charge >= 0.3 is 11.8 Å². The molecule has 1 aliphatic rings. The topological polar surface area (TPSA) is 64.7 Å². The van der Waals surface area contributed by atoms with Crippen LogP contribution in [0.3, 0.4) is 0 Å². The number of para-hydroxylation sites is 1. The number of hydrogen-bond acceptors (Lipinski definition) is 4. The molecular weight excluding hydrogens is 304 g/mol. The molecule has 0 radical (unpaired) electrons. The van der Waals surface area contributed by atoms with Crippen molar-refractivity contribution in [2.24, 2.45) is 0 Å². The summed E-state index contributed by atoms with van der Waals surface area (Å²) in [6.45, 7) is 9.29. The second-order valence-electron chi connectivity index (χ2n) is 5.77. The molecule has 130 valence electrons. The van der Waals surface area contributed by atoms with E-state index in [4.69, 9.17) is 0 Å². The van der Waals surface area contributed by atoms with Crippen molar-refractivity contribution in [3.8, 4) is 0 Å². The van der Waals surface area contributed by atoms with E-state index in [2.05, 4.69) is 51.3 Å². The summed E-state index contributed by atoms with van der Waals surface area (Å²) >= 11 is 0. The van der Waals surface area contributed by atoms with Crippen molar-refractivity contribution < 1.29 is 9.59 Å². The number of nitrogens with one attached hydrogen (secondary N) is 2. The van der Waals surface area contributed by atoms with Crippen LogP contribution < -0.4 is 15.5 Å². The van der Waals surface area contributed by atoms with E-state index in [0.717, 1.165) is 39.1 Å². The minimum atomic E-state index is -0.605. The number of carbonyl (C=O) groups is 2. The molecule has 0 spiro atoms. The standard InChI is InChI=1S/C18H26N4O2/c1-2-9-19-17(23)18(24)20-10-6-11-21-12-14-22(15-13-21)16-7-4-3-5-8-16/h2-5,7-8H,1,6,9-15H2,(H,19,23)(H,20,24). The molecule has 1 aromatic rings. The Hall–Kier alpha value is -2.34. The number of amides is 2. The van der Waals surface area contributed by atoms with Gasteiger partial charge in [0.15, 0.2) is 0 Å². The number of anilines is 1. The average Bonchev–Trinajstić information content (AvgIpc) is 2.64. The first-order chi connectivity index (χ1) is 11.7. The largest absolute Gasteiger partial charge is 0.369 e. The highest BCUT2D eigenvalue weighted by atomic mass is 16.2. The number of hydrogen-bond donors (Lipinski definition) is 2. The van der Waals surface area contributed by atoms with E-state index in [1.807, 2.05) is 6.07 Å². The lowest BCUT2D eigenvalue weighted by atomic mass is 10.2. The van der Waals surface area contributed by atoms with Crippen molar-refractivity contribution in [2.75, 3.05) is 50.7 Å². The zero-order valence-electron chi connectivity index (χ0n) is 14.0. The van der Waals surface area contributed by atoms with Gasteiger partial charge in [0.05, 0.1) is 0 Å². The number of carbonyl (C=O) groups excluding carboxylic acids is 2. The quantitative estimate of drug-likeness (QED) is 0.437. The van der Waals surface area contributed by atoms with Gasteiger partial charge in [-0.3, -0.25) is 14.5 Å². The predicted molar refractivity (Wildman–Crippen MR) is 95.9 cm³/mol. The maximum atomic E-state index is 11.5. The minimum absolute atomic E-state index is 0.304. The van der Waals surface area contributed by atoms with Crippen LogP contribution in [0.15, 0.2) is 43.0 Å². The molecule has 6 heteroatoms. The molecule has 0 saturated carbocycles. The number of rotatable bonds is 7. The summed E-state index contributed by atoms with van der Waals surface area (Å²) in [4.78, 5) is 27.7. The van der Waals surface area contributed by atoms with Crippen LogP contribution in [-0.4, -0.2) is 62.5 Å². The van der Waals surface area contributed by atoms with Gasteiger partial charge in [0.2, 0.25) is 0 Å². The van der Waals surface area contributed by atoms with Gasteiger partial charge in [-0.2, -0.15) is 0 Å². The van der Waals surface area contributed by atoms with Crippen molar-refractivity contribution in [2.45, 2.75) is 6.42 Å². The molecular formula is C18H26N4O2. The number of nitrogens with zero attached hydrogens (tertiary/aromatic N) is 2. The monoisotopic (exact) mass is 330 g/mol. The highest BCUT2D eigenvalue weighted by Gasteiger charge is 2.17. The van der Waals surface area contributed by atoms with E-state index in [1.54, 1.807) is 6.08 Å². The summed E-state index contributed by atoms with van der Waals surface area (Å²) in [5, 5.41) is 5.10. The Morgan fingerprint density at radius 1 is 1.04 bits per heavy atom. The molecule has 1 saturated heterocycles. The summed E-state index contributed by atoms with van der Waals surface area (Å²) in [7, 11) is 0. The molecule has 0 bridgehead atoms. The second-order valence-corrected chi connectivity index (χ2v) is 5.77. The van der Waals surface area contributed by atoms with Crippen molar-refractivity contribution in [1.29, 1.82) is 0 Å². The molecule has 1 aliphatic heterocycles. The smallest absolute Gasteiger partial charge is 0.309 e. The zero-order chi connectivity index (χ0) is 17.2. The second kappa shape index (κ2) is 9.72. The lowest BCUT2D eigenvalue weighted by molar-refractivity contribution is -0.139. The summed E-state index contributed by atoms with van der Waals surface area (Å²) in [6, 6.07) is 10.4. The molecule has 24 heavy (non-hydrogen) atoms. The normalized spacial score (nSPS) is 14.9. The highest BCUT2D eigenvalue weighted by Crippen LogP contribution is 2.15. The van der Waals surface area contributed by atoms with Gasteiger partial charge in [0.25, 0.3) is 0 Å². The first kappa shape index (κ1) is 18.0. The van der Waals surface area contributed by atoms with Crippen LogP contribution >= 0.6 is 0 Å². The first-order valence-electron chi connectivity index (χ1n) is 8.40. The van der Waals surface area contributed by atoms with Crippen LogP contribution in [0.5, 0.6) is 0 Å². The van der Waals surface area contributed by atoms with Crippen LogP contribution in [0, 0.1) is 0 Å². The van der Waals surface area contributed by atoms with Crippen LogP contribution in [0.1, 0.15) is 6.42 Å². The third-order valence-corrected chi connectivity index (χ3v) is 4.04. The van der Waals surface area contributed by atoms with E-state index in [9.17, 15) is 9.59 Å². The number of piperazine rings is 1. The molecule has 1 heterocycles. The van der Waals surface area contributed by atoms with E-state index in [-0.39, 0.29) is 0 Å². The Labute approximate surface area is 143 Å². The third kappa shape index (κ3) is 5.70. The third-order valence-electron chi connectivity index (χ3n) is 4.04. The van der Waals surface area contributed by atoms with Gasteiger partial charge in [0, 0.05) is 45.0 Å². The van der Waals surface area contributed by atoms with Crippen LogP contribution in [0.2, 0.25) is 0 Å². The SMILES string of the molecule is C=CCNC(=O)C(=O)NCCCN1CCN(c2ccccc2)CC1. The minimum Gasteiger partial charge on any atom is -0.369 e. The fraction of sp³-hybridized carbons (Fsp3) is 0.444. The van der Waals surface area contributed by atoms with Crippen LogP contribution in [-0.2, 0) is 9.59 Å². The molecule has 0 aliphatic carbocycles. The number of benzene rings is 1. The van der Waals surface area contributed by atoms with Crippen LogP contribution in [0.25, 0.3) is 0 Å². The first-order valence-corrected chi connectivity index (χ1v) is 8.40. The summed E-state index contributed by atoms with van der Waals surface area (Å²) < 4.78 is 0. The Morgan fingerprint density at radius 2 is 1.71 bits per heavy atom. The highest BCUT2D eigenvalue weighted by molar-refractivity contribution is 6.35. The molecule has 6 nitrogen and oxygen atoms in total. The van der Waals surface area contributed by atoms with Gasteiger partial charge in [-0.15, -0.1) is 6.58 Å². The van der Waals surface area contributed by atoms with Gasteiger partial charge in [-0.1, -0.05) is 24.3 Å². The fourth-order valence-electron chi connectivity index (χ4n) is 2.70. The molecule has 2 rings (SSSR count). The Bertz CT molecular complexity index is 539. The Balaban J connectivity index is 1.59. The van der Waals surface area contributed by atoms with Crippen molar-refractivity contribution >= 4 is 17.5 Å². The lowest BCUT2D eigenvalue weighted by Crippen LogP contribution is -2.47. The summed E-state index contributed by atoms with van der Waals surface area (Å²) in [5.74, 6) is -1.18. The molecule has 2 N–H and O–H groups in total. The Kier molecular flexibility index (Phi) is 7.29. The van der Waals surface area contributed by atoms with Gasteiger partial charge in [-0.05, 0) is 25.1 Å². The van der Waals surface area contributed by atoms with E-state index in [1.165, 1.54) is 5.69 Å².